The molecule has 0 spiro atoms. The lowest BCUT2D eigenvalue weighted by Crippen LogP contribution is -2.33. The van der Waals surface area contributed by atoms with Crippen LogP contribution in [0.25, 0.3) is 0 Å². The van der Waals surface area contributed by atoms with E-state index >= 15 is 0 Å². The SMILES string of the molecule is CC(C)(Cc1ccc(OC(F)(F)F)cc1)OC(N)=O. The molecule has 0 aromatic heterocycles. The highest BCUT2D eigenvalue weighted by molar-refractivity contribution is 5.65. The molecule has 4 nitrogen and oxygen atoms in total. The number of carbonyl (C=O) groups excluding carboxylic acids is 1. The van der Waals surface area contributed by atoms with Gasteiger partial charge in [0.05, 0.1) is 0 Å². The van der Waals surface area contributed by atoms with Gasteiger partial charge >= 0.3 is 12.5 Å². The van der Waals surface area contributed by atoms with E-state index < -0.39 is 18.1 Å². The zero-order chi connectivity index (χ0) is 14.7. The monoisotopic (exact) mass is 277 g/mol. The maximum absolute atomic E-state index is 12.0. The van der Waals surface area contributed by atoms with Gasteiger partial charge in [-0.3, -0.25) is 0 Å². The fraction of sp³-hybridized carbons (Fsp3) is 0.417. The summed E-state index contributed by atoms with van der Waals surface area (Å²) in [6.45, 7) is 3.30. The molecule has 1 amide bonds. The molecule has 1 aromatic carbocycles. The molecule has 0 aliphatic rings. The Bertz CT molecular complexity index is 441. The van der Waals surface area contributed by atoms with Crippen molar-refractivity contribution in [2.45, 2.75) is 32.2 Å². The summed E-state index contributed by atoms with van der Waals surface area (Å²) < 4.78 is 44.5. The molecule has 7 heteroatoms. The summed E-state index contributed by atoms with van der Waals surface area (Å²) in [5.74, 6) is -0.301. The van der Waals surface area contributed by atoms with Gasteiger partial charge in [-0.25, -0.2) is 4.79 Å². The van der Waals surface area contributed by atoms with Gasteiger partial charge < -0.3 is 15.2 Å². The van der Waals surface area contributed by atoms with Crippen molar-refractivity contribution in [3.63, 3.8) is 0 Å². The maximum Gasteiger partial charge on any atom is 0.573 e. The molecule has 0 unspecified atom stereocenters. The molecular weight excluding hydrogens is 263 g/mol. The van der Waals surface area contributed by atoms with Crippen molar-refractivity contribution in [1.82, 2.24) is 0 Å². The topological polar surface area (TPSA) is 61.6 Å². The molecule has 2 N–H and O–H groups in total. The molecule has 0 fully saturated rings. The van der Waals surface area contributed by atoms with E-state index in [1.165, 1.54) is 24.3 Å². The number of alkyl halides is 3. The minimum atomic E-state index is -4.71. The zero-order valence-corrected chi connectivity index (χ0v) is 10.5. The first kappa shape index (κ1) is 15.1. The average Bonchev–Trinajstić information content (AvgIpc) is 2.16. The lowest BCUT2D eigenvalue weighted by molar-refractivity contribution is -0.274. The van der Waals surface area contributed by atoms with E-state index in [0.29, 0.717) is 12.0 Å². The van der Waals surface area contributed by atoms with Crippen molar-refractivity contribution >= 4 is 6.09 Å². The number of nitrogens with two attached hydrogens (primary N) is 1. The van der Waals surface area contributed by atoms with Crippen LogP contribution in [0.15, 0.2) is 24.3 Å². The van der Waals surface area contributed by atoms with Crippen molar-refractivity contribution in [2.24, 2.45) is 5.73 Å². The van der Waals surface area contributed by atoms with Crippen LogP contribution in [0.4, 0.5) is 18.0 Å². The lowest BCUT2D eigenvalue weighted by Gasteiger charge is -2.24. The number of hydrogen-bond donors (Lipinski definition) is 1. The minimum absolute atomic E-state index is 0.301. The number of primary amides is 1. The van der Waals surface area contributed by atoms with Crippen LogP contribution in [0.2, 0.25) is 0 Å². The fourth-order valence-corrected chi connectivity index (χ4v) is 1.61. The van der Waals surface area contributed by atoms with Gasteiger partial charge in [0.2, 0.25) is 0 Å². The van der Waals surface area contributed by atoms with Crippen LogP contribution < -0.4 is 10.5 Å². The van der Waals surface area contributed by atoms with Gasteiger partial charge in [0.25, 0.3) is 0 Å². The molecule has 1 aromatic rings. The third-order valence-corrected chi connectivity index (χ3v) is 2.16. The fourth-order valence-electron chi connectivity index (χ4n) is 1.61. The van der Waals surface area contributed by atoms with Gasteiger partial charge in [-0.1, -0.05) is 12.1 Å². The first-order valence-electron chi connectivity index (χ1n) is 5.40. The van der Waals surface area contributed by atoms with Crippen LogP contribution in [0.5, 0.6) is 5.75 Å². The molecule has 106 valence electrons. The summed E-state index contributed by atoms with van der Waals surface area (Å²) in [7, 11) is 0. The third-order valence-electron chi connectivity index (χ3n) is 2.16. The van der Waals surface area contributed by atoms with Crippen molar-refractivity contribution < 1.29 is 27.4 Å². The summed E-state index contributed by atoms with van der Waals surface area (Å²) >= 11 is 0. The molecule has 0 aliphatic heterocycles. The molecule has 0 saturated carbocycles. The van der Waals surface area contributed by atoms with E-state index in [2.05, 4.69) is 4.74 Å². The number of amides is 1. The van der Waals surface area contributed by atoms with E-state index in [0.717, 1.165) is 0 Å². The number of benzene rings is 1. The van der Waals surface area contributed by atoms with Crippen LogP contribution in [0.1, 0.15) is 19.4 Å². The van der Waals surface area contributed by atoms with Gasteiger partial charge in [0.15, 0.2) is 0 Å². The van der Waals surface area contributed by atoms with E-state index in [-0.39, 0.29) is 5.75 Å². The quantitative estimate of drug-likeness (QED) is 0.920. The molecule has 0 heterocycles. The van der Waals surface area contributed by atoms with Gasteiger partial charge in [0.1, 0.15) is 11.4 Å². The molecule has 0 saturated heterocycles. The summed E-state index contributed by atoms with van der Waals surface area (Å²) in [6, 6.07) is 5.33. The summed E-state index contributed by atoms with van der Waals surface area (Å²) in [6.07, 6.45) is -5.29. The van der Waals surface area contributed by atoms with Crippen LogP contribution >= 0.6 is 0 Å². The summed E-state index contributed by atoms with van der Waals surface area (Å²) in [5.41, 5.74) is 4.78. The smallest absolute Gasteiger partial charge is 0.443 e. The Morgan fingerprint density at radius 2 is 1.74 bits per heavy atom. The molecule has 0 bridgehead atoms. The van der Waals surface area contributed by atoms with Crippen LogP contribution in [0.3, 0.4) is 0 Å². The van der Waals surface area contributed by atoms with Crippen LogP contribution in [0, 0.1) is 0 Å². The number of halogens is 3. The molecule has 0 radical (unpaired) electrons. The third kappa shape index (κ3) is 5.98. The van der Waals surface area contributed by atoms with Crippen LogP contribution in [-0.2, 0) is 11.2 Å². The highest BCUT2D eigenvalue weighted by Crippen LogP contribution is 2.24. The van der Waals surface area contributed by atoms with E-state index in [4.69, 9.17) is 10.5 Å². The Kier molecular flexibility index (Phi) is 4.28. The number of carbonyl (C=O) groups is 1. The molecule has 0 aliphatic carbocycles. The van der Waals surface area contributed by atoms with Crippen molar-refractivity contribution in [3.8, 4) is 5.75 Å². The highest BCUT2D eigenvalue weighted by Gasteiger charge is 2.31. The van der Waals surface area contributed by atoms with E-state index in [1.54, 1.807) is 13.8 Å². The maximum atomic E-state index is 12.0. The van der Waals surface area contributed by atoms with Crippen molar-refractivity contribution in [1.29, 1.82) is 0 Å². The largest absolute Gasteiger partial charge is 0.573 e. The van der Waals surface area contributed by atoms with Gasteiger partial charge in [-0.15, -0.1) is 13.2 Å². The second kappa shape index (κ2) is 5.38. The highest BCUT2D eigenvalue weighted by atomic mass is 19.4. The number of ether oxygens (including phenoxy) is 2. The van der Waals surface area contributed by atoms with Crippen LogP contribution in [-0.4, -0.2) is 18.1 Å². The first-order chi connectivity index (χ1) is 8.57. The average molecular weight is 277 g/mol. The standard InChI is InChI=1S/C12H14F3NO3/c1-11(2,19-10(16)17)7-8-3-5-9(6-4-8)18-12(13,14)15/h3-6H,7H2,1-2H3,(H2,16,17). The Hall–Kier alpha value is -1.92. The van der Waals surface area contributed by atoms with Gasteiger partial charge in [0, 0.05) is 6.42 Å². The molecule has 19 heavy (non-hydrogen) atoms. The Labute approximate surface area is 108 Å². The Balaban J connectivity index is 2.69. The normalized spacial score (nSPS) is 12.1. The van der Waals surface area contributed by atoms with E-state index in [1.807, 2.05) is 0 Å². The second-order valence-electron chi connectivity index (χ2n) is 4.55. The Morgan fingerprint density at radius 1 is 1.21 bits per heavy atom. The summed E-state index contributed by atoms with van der Waals surface area (Å²) in [4.78, 5) is 10.7. The number of rotatable bonds is 4. The predicted molar refractivity (Wildman–Crippen MR) is 61.6 cm³/mol. The van der Waals surface area contributed by atoms with Crippen molar-refractivity contribution in [3.05, 3.63) is 29.8 Å². The van der Waals surface area contributed by atoms with Gasteiger partial charge in [-0.05, 0) is 31.5 Å². The molecule has 0 atom stereocenters. The zero-order valence-electron chi connectivity index (χ0n) is 10.5. The minimum Gasteiger partial charge on any atom is -0.443 e. The second-order valence-corrected chi connectivity index (χ2v) is 4.55. The van der Waals surface area contributed by atoms with Crippen molar-refractivity contribution in [2.75, 3.05) is 0 Å². The summed E-state index contributed by atoms with van der Waals surface area (Å²) in [5, 5.41) is 0. The molecular formula is C12H14F3NO3. The predicted octanol–water partition coefficient (Wildman–Crippen LogP) is 3.00. The number of hydrogen-bond acceptors (Lipinski definition) is 3. The van der Waals surface area contributed by atoms with E-state index in [9.17, 15) is 18.0 Å². The first-order valence-corrected chi connectivity index (χ1v) is 5.40. The molecule has 1 rings (SSSR count). The lowest BCUT2D eigenvalue weighted by atomic mass is 9.98. The van der Waals surface area contributed by atoms with Gasteiger partial charge in [-0.2, -0.15) is 0 Å². The Morgan fingerprint density at radius 3 is 2.16 bits per heavy atom.